The van der Waals surface area contributed by atoms with E-state index in [0.717, 1.165) is 48.7 Å². The molecule has 0 saturated carbocycles. The van der Waals surface area contributed by atoms with E-state index in [1.54, 1.807) is 0 Å². The fraction of sp³-hybridized carbons (Fsp3) is 0.143. The maximum absolute atomic E-state index is 14.6. The number of sulfone groups is 1. The van der Waals surface area contributed by atoms with Crippen LogP contribution in [0.1, 0.15) is 38.0 Å². The van der Waals surface area contributed by atoms with E-state index in [1.165, 1.54) is 13.8 Å². The molecule has 5 nitrogen and oxygen atoms in total. The first-order chi connectivity index (χ1) is 14.0. The summed E-state index contributed by atoms with van der Waals surface area (Å²) in [4.78, 5) is 14.6. The first-order valence-corrected chi connectivity index (χ1v) is 10.2. The van der Waals surface area contributed by atoms with E-state index < -0.39 is 44.1 Å². The van der Waals surface area contributed by atoms with E-state index in [-0.39, 0.29) is 27.3 Å². The summed E-state index contributed by atoms with van der Waals surface area (Å²) < 4.78 is 69.1. The lowest BCUT2D eigenvalue weighted by molar-refractivity contribution is 0.0690. The zero-order valence-corrected chi connectivity index (χ0v) is 16.7. The molecule has 1 unspecified atom stereocenters. The van der Waals surface area contributed by atoms with Crippen molar-refractivity contribution in [2.45, 2.75) is 24.0 Å². The Bertz CT molecular complexity index is 1260. The zero-order chi connectivity index (χ0) is 22.2. The van der Waals surface area contributed by atoms with Gasteiger partial charge in [0.25, 0.3) is 0 Å². The molecule has 0 bridgehead atoms. The number of carboxylic acids is 1. The molecule has 3 aromatic rings. The molecule has 0 radical (unpaired) electrons. The first-order valence-electron chi connectivity index (χ1n) is 8.67. The van der Waals surface area contributed by atoms with Crippen LogP contribution in [0.4, 0.5) is 13.2 Å². The molecule has 2 aromatic carbocycles. The number of aromatic carboxylic acids is 1. The summed E-state index contributed by atoms with van der Waals surface area (Å²) in [5.74, 6) is -3.76. The zero-order valence-electron chi connectivity index (χ0n) is 15.9. The van der Waals surface area contributed by atoms with Gasteiger partial charge in [0.2, 0.25) is 0 Å². The number of benzene rings is 2. The normalized spacial score (nSPS) is 12.6. The molecule has 156 valence electrons. The fourth-order valence-electron chi connectivity index (χ4n) is 3.11. The average molecular weight is 435 g/mol. The minimum atomic E-state index is -4.40. The summed E-state index contributed by atoms with van der Waals surface area (Å²) >= 11 is 0. The number of halogens is 3. The first kappa shape index (κ1) is 21.5. The Balaban J connectivity index is 2.32. The summed E-state index contributed by atoms with van der Waals surface area (Å²) in [5.41, 5.74) is -0.551. The number of aromatic nitrogens is 1. The van der Waals surface area contributed by atoms with Crippen molar-refractivity contribution in [1.82, 2.24) is 4.98 Å². The van der Waals surface area contributed by atoms with Gasteiger partial charge in [0, 0.05) is 11.8 Å². The standard InChI is InChI=1S/C21H16F3NO4S/c1-11-8-19(21(26)27)25-10-16(11)20(15-9-13(22)3-5-18(15)24)30(28,29)14-4-6-17(23)12(2)7-14/h3-10,20H,1-2H3,(H,26,27). The maximum Gasteiger partial charge on any atom is 0.354 e. The quantitative estimate of drug-likeness (QED) is 0.602. The van der Waals surface area contributed by atoms with Crippen LogP contribution in [0.2, 0.25) is 0 Å². The SMILES string of the molecule is Cc1cc(S(=O)(=O)C(c2cnc(C(=O)O)cc2C)c2cc(F)ccc2F)ccc1F. The predicted molar refractivity (Wildman–Crippen MR) is 102 cm³/mol. The molecule has 0 saturated heterocycles. The Morgan fingerprint density at radius 3 is 2.20 bits per heavy atom. The second kappa shape index (κ2) is 7.91. The molecular formula is C21H16F3NO4S. The third-order valence-corrected chi connectivity index (χ3v) is 6.70. The minimum absolute atomic E-state index is 0.0218. The maximum atomic E-state index is 14.6. The molecule has 30 heavy (non-hydrogen) atoms. The van der Waals surface area contributed by atoms with Crippen molar-refractivity contribution in [2.75, 3.05) is 0 Å². The van der Waals surface area contributed by atoms with Crippen LogP contribution in [0, 0.1) is 31.3 Å². The van der Waals surface area contributed by atoms with Crippen LogP contribution in [-0.2, 0) is 9.84 Å². The lowest BCUT2D eigenvalue weighted by Gasteiger charge is -2.21. The van der Waals surface area contributed by atoms with Gasteiger partial charge in [0.1, 0.15) is 28.4 Å². The molecule has 0 aliphatic rings. The molecule has 1 aromatic heterocycles. The van der Waals surface area contributed by atoms with Gasteiger partial charge < -0.3 is 5.11 Å². The summed E-state index contributed by atoms with van der Waals surface area (Å²) in [6.45, 7) is 2.82. The van der Waals surface area contributed by atoms with Crippen LogP contribution in [0.3, 0.4) is 0 Å². The van der Waals surface area contributed by atoms with Crippen LogP contribution in [0.25, 0.3) is 0 Å². The minimum Gasteiger partial charge on any atom is -0.477 e. The van der Waals surface area contributed by atoms with E-state index in [1.807, 2.05) is 0 Å². The second-order valence-electron chi connectivity index (χ2n) is 6.73. The lowest BCUT2D eigenvalue weighted by Crippen LogP contribution is -2.19. The molecule has 3 rings (SSSR count). The van der Waals surface area contributed by atoms with Gasteiger partial charge in [-0.05, 0) is 73.0 Å². The van der Waals surface area contributed by atoms with Gasteiger partial charge in [-0.1, -0.05) is 0 Å². The molecule has 1 N–H and O–H groups in total. The third-order valence-electron chi connectivity index (χ3n) is 4.66. The topological polar surface area (TPSA) is 84.3 Å². The van der Waals surface area contributed by atoms with Gasteiger partial charge in [-0.25, -0.2) is 31.4 Å². The van der Waals surface area contributed by atoms with Crippen LogP contribution >= 0.6 is 0 Å². The monoisotopic (exact) mass is 435 g/mol. The van der Waals surface area contributed by atoms with Crippen LogP contribution < -0.4 is 0 Å². The molecule has 0 amide bonds. The second-order valence-corrected chi connectivity index (χ2v) is 8.77. The summed E-state index contributed by atoms with van der Waals surface area (Å²) in [6, 6.07) is 6.67. The van der Waals surface area contributed by atoms with Gasteiger partial charge in [-0.15, -0.1) is 0 Å². The van der Waals surface area contributed by atoms with Crippen molar-refractivity contribution in [1.29, 1.82) is 0 Å². The summed E-state index contributed by atoms with van der Waals surface area (Å²) in [5, 5.41) is 7.38. The summed E-state index contributed by atoms with van der Waals surface area (Å²) in [7, 11) is -4.40. The number of nitrogens with zero attached hydrogens (tertiary/aromatic N) is 1. The smallest absolute Gasteiger partial charge is 0.354 e. The Hall–Kier alpha value is -3.20. The third kappa shape index (κ3) is 3.93. The number of carboxylic acid groups (broad SMARTS) is 1. The van der Waals surface area contributed by atoms with Gasteiger partial charge in [-0.3, -0.25) is 0 Å². The van der Waals surface area contributed by atoms with Crippen LogP contribution in [0.15, 0.2) is 53.6 Å². The van der Waals surface area contributed by atoms with Gasteiger partial charge >= 0.3 is 5.97 Å². The van der Waals surface area contributed by atoms with Gasteiger partial charge in [-0.2, -0.15) is 0 Å². The molecule has 1 atom stereocenters. The van der Waals surface area contributed by atoms with Crippen molar-refractivity contribution in [3.8, 4) is 0 Å². The van der Waals surface area contributed by atoms with Crippen molar-refractivity contribution < 1.29 is 31.5 Å². The number of pyridine rings is 1. The Morgan fingerprint density at radius 1 is 0.933 bits per heavy atom. The van der Waals surface area contributed by atoms with E-state index in [2.05, 4.69) is 4.98 Å². The highest BCUT2D eigenvalue weighted by Gasteiger charge is 2.35. The van der Waals surface area contributed by atoms with Gasteiger partial charge in [0.05, 0.1) is 4.90 Å². The molecule has 0 aliphatic heterocycles. The Morgan fingerprint density at radius 2 is 1.60 bits per heavy atom. The fourth-order valence-corrected chi connectivity index (χ4v) is 5.07. The highest BCUT2D eigenvalue weighted by Crippen LogP contribution is 2.38. The van der Waals surface area contributed by atoms with Crippen molar-refractivity contribution >= 4 is 15.8 Å². The van der Waals surface area contributed by atoms with Crippen molar-refractivity contribution in [3.05, 3.63) is 94.1 Å². The summed E-state index contributed by atoms with van der Waals surface area (Å²) in [6.07, 6.45) is 1.02. The molecule has 9 heteroatoms. The Kier molecular flexibility index (Phi) is 5.67. The molecular weight excluding hydrogens is 419 g/mol. The highest BCUT2D eigenvalue weighted by molar-refractivity contribution is 7.92. The van der Waals surface area contributed by atoms with Crippen LogP contribution in [0.5, 0.6) is 0 Å². The van der Waals surface area contributed by atoms with Gasteiger partial charge in [0.15, 0.2) is 9.84 Å². The number of carbonyl (C=O) groups is 1. The molecule has 0 aliphatic carbocycles. The molecule has 1 heterocycles. The van der Waals surface area contributed by atoms with E-state index in [9.17, 15) is 26.4 Å². The number of hydrogen-bond acceptors (Lipinski definition) is 4. The van der Waals surface area contributed by atoms with Crippen molar-refractivity contribution in [2.24, 2.45) is 0 Å². The van der Waals surface area contributed by atoms with E-state index in [0.29, 0.717) is 0 Å². The predicted octanol–water partition coefficient (Wildman–Crippen LogP) is 4.38. The van der Waals surface area contributed by atoms with Crippen molar-refractivity contribution in [3.63, 3.8) is 0 Å². The molecule has 0 spiro atoms. The highest BCUT2D eigenvalue weighted by atomic mass is 32.2. The number of rotatable bonds is 5. The average Bonchev–Trinajstić information content (AvgIpc) is 2.67. The van der Waals surface area contributed by atoms with Crippen LogP contribution in [-0.4, -0.2) is 24.5 Å². The van der Waals surface area contributed by atoms with E-state index >= 15 is 0 Å². The van der Waals surface area contributed by atoms with E-state index in [4.69, 9.17) is 5.11 Å². The largest absolute Gasteiger partial charge is 0.477 e. The molecule has 0 fully saturated rings. The number of aryl methyl sites for hydroxylation is 2. The lowest BCUT2D eigenvalue weighted by atomic mass is 10.0. The number of hydrogen-bond donors (Lipinski definition) is 1. The Labute approximate surface area is 170 Å².